The zero-order valence-electron chi connectivity index (χ0n) is 23.6. The van der Waals surface area contributed by atoms with Gasteiger partial charge >= 0.3 is 6.18 Å². The summed E-state index contributed by atoms with van der Waals surface area (Å²) in [4.78, 5) is 16.8. The zero-order valence-corrected chi connectivity index (χ0v) is 23.6. The number of likely N-dealkylation sites (tertiary alicyclic amines) is 1. The van der Waals surface area contributed by atoms with Crippen LogP contribution in [0.3, 0.4) is 0 Å². The minimum atomic E-state index is -4.68. The van der Waals surface area contributed by atoms with Crippen LogP contribution in [0.2, 0.25) is 0 Å². The SMILES string of the molecule is CO[C@H]1C[C@](c2cccc(N3Cc4c(cc(CN5CCC(F)(F)[C@H](C)C5)cc4C(F)(F)F)C3=O)c2)(c2nncn2C)C1. The average molecular weight is 590 g/mol. The van der Waals surface area contributed by atoms with E-state index in [1.165, 1.54) is 17.9 Å². The Morgan fingerprint density at radius 1 is 1.14 bits per heavy atom. The molecule has 224 valence electrons. The molecule has 0 unspecified atom stereocenters. The Morgan fingerprint density at radius 3 is 2.55 bits per heavy atom. The highest BCUT2D eigenvalue weighted by Crippen LogP contribution is 2.50. The van der Waals surface area contributed by atoms with E-state index in [2.05, 4.69) is 10.2 Å². The second kappa shape index (κ2) is 10.1. The molecule has 1 saturated carbocycles. The van der Waals surface area contributed by atoms with E-state index >= 15 is 0 Å². The summed E-state index contributed by atoms with van der Waals surface area (Å²) in [5, 5.41) is 8.38. The maximum atomic E-state index is 14.3. The monoisotopic (exact) mass is 589 g/mol. The highest BCUT2D eigenvalue weighted by atomic mass is 19.4. The minimum absolute atomic E-state index is 0.00767. The third kappa shape index (κ3) is 4.78. The largest absolute Gasteiger partial charge is 0.416 e. The number of halogens is 5. The van der Waals surface area contributed by atoms with E-state index in [0.717, 1.165) is 17.5 Å². The zero-order chi connectivity index (χ0) is 30.0. The first-order valence-electron chi connectivity index (χ1n) is 14.0. The van der Waals surface area contributed by atoms with Gasteiger partial charge in [-0.2, -0.15) is 13.2 Å². The molecule has 3 aromatic rings. The Labute approximate surface area is 240 Å². The Hall–Kier alpha value is -3.38. The molecule has 1 aliphatic carbocycles. The van der Waals surface area contributed by atoms with Gasteiger partial charge in [0.25, 0.3) is 11.8 Å². The highest BCUT2D eigenvalue weighted by Gasteiger charge is 2.51. The molecule has 1 atom stereocenters. The molecule has 6 rings (SSSR count). The lowest BCUT2D eigenvalue weighted by molar-refractivity contribution is -0.138. The maximum Gasteiger partial charge on any atom is 0.416 e. The molecule has 0 N–H and O–H groups in total. The number of anilines is 1. The first kappa shape index (κ1) is 28.7. The molecule has 3 aliphatic rings. The van der Waals surface area contributed by atoms with Crippen molar-refractivity contribution < 1.29 is 31.5 Å². The van der Waals surface area contributed by atoms with Gasteiger partial charge in [0.15, 0.2) is 0 Å². The van der Waals surface area contributed by atoms with Gasteiger partial charge in [0, 0.05) is 57.4 Å². The number of alkyl halides is 5. The fraction of sp³-hybridized carbons (Fsp3) is 0.500. The van der Waals surface area contributed by atoms with Crippen molar-refractivity contribution >= 4 is 11.6 Å². The molecule has 3 heterocycles. The summed E-state index contributed by atoms with van der Waals surface area (Å²) in [5.41, 5.74) is 0.181. The summed E-state index contributed by atoms with van der Waals surface area (Å²) >= 11 is 0. The topological polar surface area (TPSA) is 63.5 Å². The Morgan fingerprint density at radius 2 is 1.90 bits per heavy atom. The van der Waals surface area contributed by atoms with Crippen molar-refractivity contribution in [2.45, 2.75) is 62.9 Å². The second-order valence-corrected chi connectivity index (χ2v) is 11.9. The van der Waals surface area contributed by atoms with Crippen LogP contribution < -0.4 is 4.90 Å². The molecule has 12 heteroatoms. The van der Waals surface area contributed by atoms with Crippen molar-refractivity contribution in [1.29, 1.82) is 0 Å². The number of methoxy groups -OCH3 is 1. The van der Waals surface area contributed by atoms with Gasteiger partial charge in [-0.1, -0.05) is 19.1 Å². The van der Waals surface area contributed by atoms with Gasteiger partial charge in [0.2, 0.25) is 0 Å². The van der Waals surface area contributed by atoms with Crippen LogP contribution in [-0.2, 0) is 36.5 Å². The number of amides is 1. The maximum absolute atomic E-state index is 14.3. The number of aromatic nitrogens is 3. The summed E-state index contributed by atoms with van der Waals surface area (Å²) in [5.74, 6) is -3.49. The Balaban J connectivity index is 1.32. The van der Waals surface area contributed by atoms with E-state index in [-0.39, 0.29) is 55.4 Å². The summed E-state index contributed by atoms with van der Waals surface area (Å²) < 4.78 is 78.2. The number of aryl methyl sites for hydroxylation is 1. The summed E-state index contributed by atoms with van der Waals surface area (Å²) in [6, 6.07) is 9.83. The van der Waals surface area contributed by atoms with Crippen LogP contribution in [0.15, 0.2) is 42.7 Å². The van der Waals surface area contributed by atoms with E-state index in [9.17, 15) is 26.7 Å². The molecule has 7 nitrogen and oxygen atoms in total. The van der Waals surface area contributed by atoms with Crippen LogP contribution in [-0.4, -0.2) is 57.8 Å². The molecular formula is C30H32F5N5O2. The molecule has 0 spiro atoms. The summed E-state index contributed by atoms with van der Waals surface area (Å²) in [6.45, 7) is 1.41. The molecule has 1 amide bonds. The Bertz CT molecular complexity index is 1510. The van der Waals surface area contributed by atoms with Crippen LogP contribution in [0, 0.1) is 5.92 Å². The predicted molar refractivity (Wildman–Crippen MR) is 144 cm³/mol. The fourth-order valence-electron chi connectivity index (χ4n) is 6.71. The van der Waals surface area contributed by atoms with Crippen molar-refractivity contribution in [3.05, 3.63) is 76.4 Å². The van der Waals surface area contributed by atoms with Gasteiger partial charge in [0.1, 0.15) is 12.2 Å². The van der Waals surface area contributed by atoms with Gasteiger partial charge in [0.05, 0.1) is 23.6 Å². The van der Waals surface area contributed by atoms with Crippen molar-refractivity contribution in [3.8, 4) is 0 Å². The van der Waals surface area contributed by atoms with E-state index < -0.39 is 34.9 Å². The summed E-state index contributed by atoms with van der Waals surface area (Å²) in [7, 11) is 3.50. The highest BCUT2D eigenvalue weighted by molar-refractivity contribution is 6.10. The Kier molecular flexibility index (Phi) is 6.92. The third-order valence-corrected chi connectivity index (χ3v) is 9.16. The molecule has 1 saturated heterocycles. The molecule has 1 aromatic heterocycles. The van der Waals surface area contributed by atoms with E-state index in [4.69, 9.17) is 4.74 Å². The molecule has 0 bridgehead atoms. The lowest BCUT2D eigenvalue weighted by Crippen LogP contribution is -2.48. The molecule has 2 aliphatic heterocycles. The number of nitrogens with zero attached hydrogens (tertiary/aromatic N) is 5. The molecule has 0 radical (unpaired) electrons. The molecular weight excluding hydrogens is 557 g/mol. The molecule has 2 fully saturated rings. The summed E-state index contributed by atoms with van der Waals surface area (Å²) in [6.07, 6.45) is -2.10. The smallest absolute Gasteiger partial charge is 0.381 e. The van der Waals surface area contributed by atoms with Crippen molar-refractivity contribution in [1.82, 2.24) is 19.7 Å². The van der Waals surface area contributed by atoms with Crippen LogP contribution in [0.1, 0.15) is 64.6 Å². The van der Waals surface area contributed by atoms with E-state index in [1.54, 1.807) is 30.5 Å². The van der Waals surface area contributed by atoms with Crippen LogP contribution in [0.4, 0.5) is 27.6 Å². The van der Waals surface area contributed by atoms with Crippen molar-refractivity contribution in [3.63, 3.8) is 0 Å². The van der Waals surface area contributed by atoms with Crippen LogP contribution >= 0.6 is 0 Å². The van der Waals surface area contributed by atoms with Gasteiger partial charge in [-0.3, -0.25) is 9.69 Å². The van der Waals surface area contributed by atoms with Crippen LogP contribution in [0.5, 0.6) is 0 Å². The number of carbonyl (C=O) groups excluding carboxylic acids is 1. The normalized spacial score (nSPS) is 25.9. The predicted octanol–water partition coefficient (Wildman–Crippen LogP) is 5.57. The second-order valence-electron chi connectivity index (χ2n) is 11.9. The lowest BCUT2D eigenvalue weighted by Gasteiger charge is -2.46. The number of hydrogen-bond acceptors (Lipinski definition) is 5. The van der Waals surface area contributed by atoms with E-state index in [1.807, 2.05) is 23.7 Å². The van der Waals surface area contributed by atoms with Crippen LogP contribution in [0.25, 0.3) is 0 Å². The minimum Gasteiger partial charge on any atom is -0.381 e. The first-order chi connectivity index (χ1) is 19.8. The number of carbonyl (C=O) groups is 1. The number of ether oxygens (including phenoxy) is 1. The first-order valence-corrected chi connectivity index (χ1v) is 14.0. The lowest BCUT2D eigenvalue weighted by atomic mass is 9.62. The standard InChI is InChI=1S/C30H32F5N5O2/c1-18-14-39(8-7-29(18,31)32)15-19-9-23-24(25(10-19)30(33,34)35)16-40(26(23)41)21-6-4-5-20(11-21)28(12-22(13-28)42-3)27-37-36-17-38(27)2/h4-6,9-11,17-18,22H,7-8,12-16H2,1-3H3/t18-,22-,28-/m1/s1. The number of fused-ring (bicyclic) bond motifs is 1. The number of hydrogen-bond donors (Lipinski definition) is 0. The molecule has 42 heavy (non-hydrogen) atoms. The number of benzene rings is 2. The van der Waals surface area contributed by atoms with Gasteiger partial charge < -0.3 is 14.2 Å². The fourth-order valence-corrected chi connectivity index (χ4v) is 6.71. The van der Waals surface area contributed by atoms with Gasteiger partial charge in [-0.05, 0) is 53.8 Å². The van der Waals surface area contributed by atoms with Crippen molar-refractivity contribution in [2.24, 2.45) is 13.0 Å². The van der Waals surface area contributed by atoms with Gasteiger partial charge in [-0.15, -0.1) is 10.2 Å². The van der Waals surface area contributed by atoms with E-state index in [0.29, 0.717) is 18.5 Å². The third-order valence-electron chi connectivity index (χ3n) is 9.16. The van der Waals surface area contributed by atoms with Gasteiger partial charge in [-0.25, -0.2) is 8.78 Å². The quantitative estimate of drug-likeness (QED) is 0.352. The number of rotatable bonds is 6. The number of piperidine rings is 1. The average Bonchev–Trinajstić information content (AvgIpc) is 3.49. The molecule has 2 aromatic carbocycles. The van der Waals surface area contributed by atoms with Crippen molar-refractivity contribution in [2.75, 3.05) is 25.1 Å².